The molecule has 12 heavy (non-hydrogen) atoms. The highest BCUT2D eigenvalue weighted by molar-refractivity contribution is 14.1. The summed E-state index contributed by atoms with van der Waals surface area (Å²) in [5.41, 5.74) is 0. The van der Waals surface area contributed by atoms with Gasteiger partial charge < -0.3 is 0 Å². The fraction of sp³-hybridized carbons (Fsp3) is 0.625. The van der Waals surface area contributed by atoms with E-state index in [1.165, 1.54) is 21.0 Å². The lowest BCUT2D eigenvalue weighted by Crippen LogP contribution is -2.44. The van der Waals surface area contributed by atoms with E-state index in [0.29, 0.717) is 0 Å². The fourth-order valence-electron chi connectivity index (χ4n) is 1.51. The van der Waals surface area contributed by atoms with E-state index in [9.17, 15) is 0 Å². The third-order valence-electron chi connectivity index (χ3n) is 2.02. The second kappa shape index (κ2) is 3.59. The van der Waals surface area contributed by atoms with Gasteiger partial charge in [0, 0.05) is 13.1 Å². The normalized spacial score (nSPS) is 19.5. The van der Waals surface area contributed by atoms with Gasteiger partial charge >= 0.3 is 0 Å². The van der Waals surface area contributed by atoms with E-state index in [0.717, 1.165) is 12.5 Å². The number of aromatic nitrogens is 1. The molecule has 1 saturated heterocycles. The first-order valence-electron chi connectivity index (χ1n) is 4.06. The highest BCUT2D eigenvalue weighted by Crippen LogP contribution is 2.21. The zero-order valence-corrected chi connectivity index (χ0v) is 9.93. The molecule has 1 fully saturated rings. The molecule has 0 saturated carbocycles. The molecule has 0 N–H and O–H groups in total. The van der Waals surface area contributed by atoms with Gasteiger partial charge in [-0.2, -0.15) is 0 Å². The first-order chi connectivity index (χ1) is 5.74. The Morgan fingerprint density at radius 1 is 1.75 bits per heavy atom. The van der Waals surface area contributed by atoms with Crippen LogP contribution in [-0.2, 0) is 6.54 Å². The summed E-state index contributed by atoms with van der Waals surface area (Å²) < 4.78 is 1.29. The maximum absolute atomic E-state index is 4.33. The van der Waals surface area contributed by atoms with E-state index in [1.807, 2.05) is 6.20 Å². The number of halogens is 1. The van der Waals surface area contributed by atoms with Crippen LogP contribution in [0.3, 0.4) is 0 Å². The van der Waals surface area contributed by atoms with Gasteiger partial charge in [0.1, 0.15) is 5.01 Å². The van der Waals surface area contributed by atoms with Gasteiger partial charge in [0.05, 0.1) is 15.6 Å². The Labute approximate surface area is 90.1 Å². The predicted octanol–water partition coefficient (Wildman–Crippen LogP) is 2.20. The average molecular weight is 294 g/mol. The van der Waals surface area contributed by atoms with E-state index in [2.05, 4.69) is 39.4 Å². The molecular weight excluding hydrogens is 283 g/mol. The molecular formula is C8H11IN2S. The second-order valence-corrected chi connectivity index (χ2v) is 6.37. The third kappa shape index (κ3) is 1.97. The largest absolute Gasteiger partial charge is 0.296 e. The molecule has 0 bridgehead atoms. The highest BCUT2D eigenvalue weighted by atomic mass is 127. The van der Waals surface area contributed by atoms with Crippen LogP contribution in [0.15, 0.2) is 6.20 Å². The van der Waals surface area contributed by atoms with Crippen molar-refractivity contribution in [1.82, 2.24) is 9.88 Å². The van der Waals surface area contributed by atoms with E-state index in [4.69, 9.17) is 0 Å². The number of hydrogen-bond acceptors (Lipinski definition) is 3. The van der Waals surface area contributed by atoms with Gasteiger partial charge in [-0.3, -0.25) is 4.90 Å². The Balaban J connectivity index is 1.88. The molecule has 66 valence electrons. The molecule has 0 unspecified atom stereocenters. The van der Waals surface area contributed by atoms with Crippen LogP contribution >= 0.6 is 33.9 Å². The summed E-state index contributed by atoms with van der Waals surface area (Å²) in [7, 11) is 0. The maximum atomic E-state index is 4.33. The standard InChI is InChI=1S/C8H11IN2S/c1-6-3-11(4-6)5-8-10-2-7(9)12-8/h2,6H,3-5H2,1H3. The van der Waals surface area contributed by atoms with Gasteiger partial charge in [0.25, 0.3) is 0 Å². The summed E-state index contributed by atoms with van der Waals surface area (Å²) in [5.74, 6) is 0.893. The maximum Gasteiger partial charge on any atom is 0.108 e. The van der Waals surface area contributed by atoms with Crippen molar-refractivity contribution in [2.24, 2.45) is 5.92 Å². The van der Waals surface area contributed by atoms with E-state index >= 15 is 0 Å². The summed E-state index contributed by atoms with van der Waals surface area (Å²) in [6.07, 6.45) is 1.95. The fourth-order valence-corrected chi connectivity index (χ4v) is 3.09. The molecule has 2 nitrogen and oxygen atoms in total. The van der Waals surface area contributed by atoms with Crippen LogP contribution in [-0.4, -0.2) is 23.0 Å². The van der Waals surface area contributed by atoms with Gasteiger partial charge in [-0.1, -0.05) is 6.92 Å². The van der Waals surface area contributed by atoms with Crippen molar-refractivity contribution in [3.8, 4) is 0 Å². The zero-order valence-electron chi connectivity index (χ0n) is 6.96. The molecule has 0 atom stereocenters. The van der Waals surface area contributed by atoms with Gasteiger partial charge in [-0.05, 0) is 28.5 Å². The molecule has 1 aliphatic heterocycles. The molecule has 4 heteroatoms. The minimum atomic E-state index is 0.893. The van der Waals surface area contributed by atoms with Crippen molar-refractivity contribution in [3.05, 3.63) is 14.1 Å². The van der Waals surface area contributed by atoms with E-state index in [-0.39, 0.29) is 0 Å². The summed E-state index contributed by atoms with van der Waals surface area (Å²) in [6, 6.07) is 0. The van der Waals surface area contributed by atoms with Crippen molar-refractivity contribution < 1.29 is 0 Å². The smallest absolute Gasteiger partial charge is 0.108 e. The lowest BCUT2D eigenvalue weighted by atomic mass is 10.0. The van der Waals surface area contributed by atoms with Gasteiger partial charge in [-0.25, -0.2) is 4.98 Å². The predicted molar refractivity (Wildman–Crippen MR) is 59.3 cm³/mol. The summed E-state index contributed by atoms with van der Waals surface area (Å²) in [5, 5.41) is 1.26. The van der Waals surface area contributed by atoms with Crippen LogP contribution in [0, 0.1) is 8.80 Å². The second-order valence-electron chi connectivity index (χ2n) is 3.36. The Hall–Kier alpha value is 0.320. The minimum absolute atomic E-state index is 0.893. The van der Waals surface area contributed by atoms with Crippen LogP contribution in [0.5, 0.6) is 0 Å². The Morgan fingerprint density at radius 2 is 2.50 bits per heavy atom. The Kier molecular flexibility index (Phi) is 2.66. The van der Waals surface area contributed by atoms with Crippen molar-refractivity contribution in [2.45, 2.75) is 13.5 Å². The molecule has 2 rings (SSSR count). The summed E-state index contributed by atoms with van der Waals surface area (Å²) >= 11 is 4.12. The molecule has 0 radical (unpaired) electrons. The van der Waals surface area contributed by atoms with Crippen molar-refractivity contribution in [1.29, 1.82) is 0 Å². The van der Waals surface area contributed by atoms with Crippen LogP contribution < -0.4 is 0 Å². The van der Waals surface area contributed by atoms with Crippen LogP contribution in [0.4, 0.5) is 0 Å². The number of thiazole rings is 1. The monoisotopic (exact) mass is 294 g/mol. The summed E-state index contributed by atoms with van der Waals surface area (Å²) in [4.78, 5) is 6.78. The minimum Gasteiger partial charge on any atom is -0.296 e. The first kappa shape index (κ1) is 8.90. The lowest BCUT2D eigenvalue weighted by molar-refractivity contribution is 0.105. The highest BCUT2D eigenvalue weighted by Gasteiger charge is 2.22. The first-order valence-corrected chi connectivity index (χ1v) is 5.96. The molecule has 0 amide bonds. The lowest BCUT2D eigenvalue weighted by Gasteiger charge is -2.36. The molecule has 1 aliphatic rings. The van der Waals surface area contributed by atoms with E-state index in [1.54, 1.807) is 11.3 Å². The molecule has 2 heterocycles. The summed E-state index contributed by atoms with van der Waals surface area (Å²) in [6.45, 7) is 5.84. The molecule has 0 aromatic carbocycles. The number of nitrogens with zero attached hydrogens (tertiary/aromatic N) is 2. The van der Waals surface area contributed by atoms with Gasteiger partial charge in [0.15, 0.2) is 0 Å². The number of rotatable bonds is 2. The Morgan fingerprint density at radius 3 is 3.00 bits per heavy atom. The van der Waals surface area contributed by atoms with Crippen LogP contribution in [0.25, 0.3) is 0 Å². The molecule has 1 aromatic rings. The van der Waals surface area contributed by atoms with Crippen molar-refractivity contribution >= 4 is 33.9 Å². The number of hydrogen-bond donors (Lipinski definition) is 0. The zero-order chi connectivity index (χ0) is 8.55. The van der Waals surface area contributed by atoms with Crippen molar-refractivity contribution in [2.75, 3.05) is 13.1 Å². The van der Waals surface area contributed by atoms with Crippen molar-refractivity contribution in [3.63, 3.8) is 0 Å². The molecule has 0 aliphatic carbocycles. The van der Waals surface area contributed by atoms with E-state index < -0.39 is 0 Å². The topological polar surface area (TPSA) is 16.1 Å². The van der Waals surface area contributed by atoms with Crippen LogP contribution in [0.2, 0.25) is 0 Å². The molecule has 0 spiro atoms. The average Bonchev–Trinajstić information content (AvgIpc) is 2.33. The third-order valence-corrected chi connectivity index (χ3v) is 3.73. The Bertz CT molecular complexity index is 268. The molecule has 1 aromatic heterocycles. The quantitative estimate of drug-likeness (QED) is 0.777. The number of likely N-dealkylation sites (tertiary alicyclic amines) is 1. The van der Waals surface area contributed by atoms with Gasteiger partial charge in [-0.15, -0.1) is 11.3 Å². The SMILES string of the molecule is CC1CN(Cc2ncc(I)s2)C1. The van der Waals surface area contributed by atoms with Crippen LogP contribution in [0.1, 0.15) is 11.9 Å². The van der Waals surface area contributed by atoms with Gasteiger partial charge in [0.2, 0.25) is 0 Å².